The Morgan fingerprint density at radius 2 is 1.73 bits per heavy atom. The van der Waals surface area contributed by atoms with Gasteiger partial charge in [-0.1, -0.05) is 0 Å². The Morgan fingerprint density at radius 3 is 2.31 bits per heavy atom. The third kappa shape index (κ3) is 3.42. The number of ether oxygens (including phenoxy) is 2. The Labute approximate surface area is 150 Å². The van der Waals surface area contributed by atoms with Crippen LogP contribution in [0.25, 0.3) is 11.3 Å². The maximum atomic E-state index is 13.1. The molecular weight excluding hydrogens is 337 g/mol. The quantitative estimate of drug-likeness (QED) is 0.706. The summed E-state index contributed by atoms with van der Waals surface area (Å²) in [5.41, 5.74) is 2.61. The van der Waals surface area contributed by atoms with Crippen molar-refractivity contribution in [2.24, 2.45) is 7.05 Å². The molecule has 26 heavy (non-hydrogen) atoms. The van der Waals surface area contributed by atoms with E-state index in [0.717, 1.165) is 16.8 Å². The van der Waals surface area contributed by atoms with E-state index in [4.69, 9.17) is 9.47 Å². The van der Waals surface area contributed by atoms with E-state index in [2.05, 4.69) is 10.3 Å². The molecule has 0 saturated heterocycles. The largest absolute Gasteiger partial charge is 0.502 e. The maximum absolute atomic E-state index is 13.1. The Bertz CT molecular complexity index is 882. The van der Waals surface area contributed by atoms with E-state index in [0.29, 0.717) is 24.0 Å². The Balaban J connectivity index is 1.80. The lowest BCUT2D eigenvalue weighted by atomic mass is 10.1. The summed E-state index contributed by atoms with van der Waals surface area (Å²) < 4.78 is 25.3. The molecule has 0 aliphatic carbocycles. The normalized spacial score (nSPS) is 10.6. The number of nitrogens with zero attached hydrogens (tertiary/aromatic N) is 2. The highest BCUT2D eigenvalue weighted by atomic mass is 19.1. The molecule has 0 spiro atoms. The van der Waals surface area contributed by atoms with Crippen molar-refractivity contribution in [3.63, 3.8) is 0 Å². The van der Waals surface area contributed by atoms with E-state index in [1.165, 1.54) is 26.4 Å². The van der Waals surface area contributed by atoms with Crippen LogP contribution in [0.1, 0.15) is 5.56 Å². The van der Waals surface area contributed by atoms with Crippen LogP contribution in [0.4, 0.5) is 10.3 Å². The minimum absolute atomic E-state index is 0.0330. The molecule has 7 heteroatoms. The highest BCUT2D eigenvalue weighted by molar-refractivity contribution is 5.61. The van der Waals surface area contributed by atoms with E-state index >= 15 is 0 Å². The number of phenolic OH excluding ortho intramolecular Hbond substituents is 1. The minimum Gasteiger partial charge on any atom is -0.502 e. The summed E-state index contributed by atoms with van der Waals surface area (Å²) in [5, 5.41) is 13.2. The second-order valence-electron chi connectivity index (χ2n) is 5.74. The van der Waals surface area contributed by atoms with Crippen LogP contribution in [0.15, 0.2) is 42.6 Å². The molecule has 0 amide bonds. The maximum Gasteiger partial charge on any atom is 0.203 e. The third-order valence-corrected chi connectivity index (χ3v) is 4.12. The molecule has 2 aromatic carbocycles. The number of aromatic nitrogens is 2. The SMILES string of the molecule is COc1cc(CNc2ncc(-c3ccc(F)cc3)n2C)cc(OC)c1O. The topological polar surface area (TPSA) is 68.5 Å². The molecule has 1 aromatic heterocycles. The Morgan fingerprint density at radius 1 is 1.12 bits per heavy atom. The van der Waals surface area contributed by atoms with Crippen molar-refractivity contribution in [1.82, 2.24) is 9.55 Å². The lowest BCUT2D eigenvalue weighted by molar-refractivity contribution is 0.339. The molecule has 1 heterocycles. The number of hydrogen-bond acceptors (Lipinski definition) is 5. The highest BCUT2D eigenvalue weighted by Crippen LogP contribution is 2.37. The van der Waals surface area contributed by atoms with Gasteiger partial charge in [-0.3, -0.25) is 0 Å². The van der Waals surface area contributed by atoms with Crippen LogP contribution in [-0.2, 0) is 13.6 Å². The fourth-order valence-electron chi connectivity index (χ4n) is 2.69. The zero-order valence-electron chi connectivity index (χ0n) is 14.8. The number of aromatic hydroxyl groups is 1. The average Bonchev–Trinajstić information content (AvgIpc) is 3.02. The summed E-state index contributed by atoms with van der Waals surface area (Å²) in [4.78, 5) is 4.38. The summed E-state index contributed by atoms with van der Waals surface area (Å²) in [5.74, 6) is 1.04. The third-order valence-electron chi connectivity index (χ3n) is 4.12. The molecular formula is C19H20FN3O3. The van der Waals surface area contributed by atoms with Gasteiger partial charge in [0, 0.05) is 19.2 Å². The van der Waals surface area contributed by atoms with Crippen LogP contribution >= 0.6 is 0 Å². The molecule has 0 unspecified atom stereocenters. The summed E-state index contributed by atoms with van der Waals surface area (Å²) in [6.07, 6.45) is 1.73. The highest BCUT2D eigenvalue weighted by Gasteiger charge is 2.13. The van der Waals surface area contributed by atoms with Gasteiger partial charge in [-0.25, -0.2) is 9.37 Å². The number of hydrogen-bond donors (Lipinski definition) is 2. The van der Waals surface area contributed by atoms with Crippen LogP contribution in [0.3, 0.4) is 0 Å². The summed E-state index contributed by atoms with van der Waals surface area (Å²) in [6.45, 7) is 0.459. The van der Waals surface area contributed by atoms with Gasteiger partial charge in [0.1, 0.15) is 5.82 Å². The molecule has 0 aliphatic rings. The van der Waals surface area contributed by atoms with Gasteiger partial charge in [-0.05, 0) is 42.0 Å². The van der Waals surface area contributed by atoms with Crippen molar-refractivity contribution in [2.75, 3.05) is 19.5 Å². The fourth-order valence-corrected chi connectivity index (χ4v) is 2.69. The molecule has 6 nitrogen and oxygen atoms in total. The molecule has 0 aliphatic heterocycles. The molecule has 3 aromatic rings. The molecule has 3 rings (SSSR count). The number of anilines is 1. The lowest BCUT2D eigenvalue weighted by Crippen LogP contribution is -2.06. The van der Waals surface area contributed by atoms with Crippen molar-refractivity contribution >= 4 is 5.95 Å². The predicted octanol–water partition coefficient (Wildman–Crippen LogP) is 3.56. The van der Waals surface area contributed by atoms with E-state index in [9.17, 15) is 9.50 Å². The number of halogens is 1. The van der Waals surface area contributed by atoms with Crippen molar-refractivity contribution in [3.8, 4) is 28.5 Å². The first-order chi connectivity index (χ1) is 12.5. The van der Waals surface area contributed by atoms with Crippen molar-refractivity contribution in [1.29, 1.82) is 0 Å². The molecule has 0 bridgehead atoms. The molecule has 0 fully saturated rings. The second kappa shape index (κ2) is 7.35. The van der Waals surface area contributed by atoms with Crippen LogP contribution in [0.2, 0.25) is 0 Å². The number of methoxy groups -OCH3 is 2. The van der Waals surface area contributed by atoms with Gasteiger partial charge in [-0.2, -0.15) is 0 Å². The van der Waals surface area contributed by atoms with Crippen LogP contribution < -0.4 is 14.8 Å². The lowest BCUT2D eigenvalue weighted by Gasteiger charge is -2.12. The van der Waals surface area contributed by atoms with Crippen LogP contribution in [0, 0.1) is 5.82 Å². The van der Waals surface area contributed by atoms with E-state index in [1.807, 2.05) is 11.6 Å². The molecule has 136 valence electrons. The zero-order valence-corrected chi connectivity index (χ0v) is 14.8. The second-order valence-corrected chi connectivity index (χ2v) is 5.74. The van der Waals surface area contributed by atoms with Gasteiger partial charge in [-0.15, -0.1) is 0 Å². The van der Waals surface area contributed by atoms with E-state index in [1.54, 1.807) is 30.5 Å². The smallest absolute Gasteiger partial charge is 0.203 e. The first kappa shape index (κ1) is 17.6. The van der Waals surface area contributed by atoms with E-state index < -0.39 is 0 Å². The average molecular weight is 357 g/mol. The first-order valence-corrected chi connectivity index (χ1v) is 7.99. The zero-order chi connectivity index (χ0) is 18.7. The Hall–Kier alpha value is -3.22. The Kier molecular flexibility index (Phi) is 4.97. The number of phenols is 1. The summed E-state index contributed by atoms with van der Waals surface area (Å²) >= 11 is 0. The number of rotatable bonds is 6. The van der Waals surface area contributed by atoms with Crippen molar-refractivity contribution < 1.29 is 19.0 Å². The molecule has 2 N–H and O–H groups in total. The number of nitrogens with one attached hydrogen (secondary N) is 1. The summed E-state index contributed by atoms with van der Waals surface area (Å²) in [6, 6.07) is 9.73. The van der Waals surface area contributed by atoms with Crippen molar-refractivity contribution in [3.05, 3.63) is 54.0 Å². The van der Waals surface area contributed by atoms with Gasteiger partial charge in [0.25, 0.3) is 0 Å². The fraction of sp³-hybridized carbons (Fsp3) is 0.211. The van der Waals surface area contributed by atoms with Gasteiger partial charge >= 0.3 is 0 Å². The van der Waals surface area contributed by atoms with Crippen molar-refractivity contribution in [2.45, 2.75) is 6.54 Å². The van der Waals surface area contributed by atoms with Crippen LogP contribution in [0.5, 0.6) is 17.2 Å². The van der Waals surface area contributed by atoms with Crippen LogP contribution in [-0.4, -0.2) is 28.9 Å². The molecule has 0 radical (unpaired) electrons. The first-order valence-electron chi connectivity index (χ1n) is 7.99. The summed E-state index contributed by atoms with van der Waals surface area (Å²) in [7, 11) is 4.85. The molecule has 0 atom stereocenters. The van der Waals surface area contributed by atoms with E-state index in [-0.39, 0.29) is 11.6 Å². The van der Waals surface area contributed by atoms with Gasteiger partial charge in [0.15, 0.2) is 11.5 Å². The van der Waals surface area contributed by atoms with Gasteiger partial charge < -0.3 is 24.5 Å². The van der Waals surface area contributed by atoms with Gasteiger partial charge in [0.2, 0.25) is 11.7 Å². The minimum atomic E-state index is -0.274. The molecule has 0 saturated carbocycles. The van der Waals surface area contributed by atoms with Gasteiger partial charge in [0.05, 0.1) is 26.1 Å². The number of benzene rings is 2. The standard InChI is InChI=1S/C19H20FN3O3/c1-23-15(13-4-6-14(20)7-5-13)11-22-19(23)21-10-12-8-16(25-2)18(24)17(9-12)26-3/h4-9,11,24H,10H2,1-3H3,(H,21,22). The monoisotopic (exact) mass is 357 g/mol. The number of imidazole rings is 1. The predicted molar refractivity (Wildman–Crippen MR) is 97.1 cm³/mol.